The molecule has 1 fully saturated rings. The fourth-order valence-corrected chi connectivity index (χ4v) is 4.86. The van der Waals surface area contributed by atoms with Crippen molar-refractivity contribution in [2.75, 3.05) is 7.11 Å². The van der Waals surface area contributed by atoms with Crippen LogP contribution in [0.25, 0.3) is 0 Å². The molecule has 8 nitrogen and oxygen atoms in total. The van der Waals surface area contributed by atoms with Crippen LogP contribution in [-0.2, 0) is 53.0 Å². The van der Waals surface area contributed by atoms with Gasteiger partial charge in [-0.25, -0.2) is 0 Å². The third kappa shape index (κ3) is 9.46. The summed E-state index contributed by atoms with van der Waals surface area (Å²) >= 11 is 0. The summed E-state index contributed by atoms with van der Waals surface area (Å²) in [5, 5.41) is 11.4. The smallest absolute Gasteiger partial charge is 0.309 e. The molecule has 4 rings (SSSR count). The molecular weight excluding hydrogens is 536 g/mol. The zero-order valence-corrected chi connectivity index (χ0v) is 24.8. The van der Waals surface area contributed by atoms with Gasteiger partial charge in [0.1, 0.15) is 30.0 Å². The lowest BCUT2D eigenvalue weighted by Crippen LogP contribution is -2.63. The maximum Gasteiger partial charge on any atom is 0.309 e. The summed E-state index contributed by atoms with van der Waals surface area (Å²) in [6, 6.07) is 29.3. The van der Waals surface area contributed by atoms with E-state index < -0.39 is 48.4 Å². The Morgan fingerprint density at radius 2 is 1.17 bits per heavy atom. The molecule has 0 unspecified atom stereocenters. The molecule has 0 bridgehead atoms. The van der Waals surface area contributed by atoms with Crippen LogP contribution in [0.15, 0.2) is 91.0 Å². The van der Waals surface area contributed by atoms with E-state index in [0.717, 1.165) is 16.7 Å². The van der Waals surface area contributed by atoms with E-state index in [-0.39, 0.29) is 26.2 Å². The fraction of sp³-hybridized carbons (Fsp3) is 0.441. The van der Waals surface area contributed by atoms with Gasteiger partial charge in [0.2, 0.25) is 0 Å². The second-order valence-electron chi connectivity index (χ2n) is 11.3. The van der Waals surface area contributed by atoms with Crippen molar-refractivity contribution in [1.29, 1.82) is 0 Å². The van der Waals surface area contributed by atoms with Gasteiger partial charge >= 0.3 is 5.97 Å². The molecule has 0 amide bonds. The Hall–Kier alpha value is -3.11. The number of aliphatic hydroxyl groups is 1. The van der Waals surface area contributed by atoms with Gasteiger partial charge in [-0.2, -0.15) is 0 Å². The normalized spacial score (nSPS) is 23.3. The molecule has 3 aromatic carbocycles. The van der Waals surface area contributed by atoms with E-state index in [4.69, 9.17) is 28.4 Å². The molecule has 0 aliphatic carbocycles. The standard InChI is InChI=1S/C34H42O8/c1-34(2,3)42-28(36)20-27(35)29-30(38-21-24-14-8-5-9-15-24)31(39-22-25-16-10-6-11-17-25)32(33(37-4)41-29)40-23-26-18-12-7-13-19-26/h5-19,27,29-33,35H,20-23H2,1-4H3/t27-,29+,30+,31-,32+,33-/m0/s1. The van der Waals surface area contributed by atoms with Crippen LogP contribution >= 0.6 is 0 Å². The molecule has 3 aromatic rings. The highest BCUT2D eigenvalue weighted by molar-refractivity contribution is 5.70. The molecule has 1 heterocycles. The van der Waals surface area contributed by atoms with Crippen LogP contribution in [-0.4, -0.2) is 60.6 Å². The number of carbonyl (C=O) groups excluding carboxylic acids is 1. The number of esters is 1. The van der Waals surface area contributed by atoms with Gasteiger partial charge in [-0.3, -0.25) is 4.79 Å². The van der Waals surface area contributed by atoms with Crippen LogP contribution in [0.1, 0.15) is 43.9 Å². The van der Waals surface area contributed by atoms with Gasteiger partial charge in [0, 0.05) is 7.11 Å². The van der Waals surface area contributed by atoms with Gasteiger partial charge in [0.15, 0.2) is 6.29 Å². The lowest BCUT2D eigenvalue weighted by atomic mass is 9.93. The van der Waals surface area contributed by atoms with Crippen molar-refractivity contribution in [3.63, 3.8) is 0 Å². The molecule has 42 heavy (non-hydrogen) atoms. The number of methoxy groups -OCH3 is 1. The maximum atomic E-state index is 12.7. The van der Waals surface area contributed by atoms with Gasteiger partial charge in [-0.1, -0.05) is 91.0 Å². The van der Waals surface area contributed by atoms with Gasteiger partial charge in [0.05, 0.1) is 32.3 Å². The van der Waals surface area contributed by atoms with Crippen molar-refractivity contribution in [2.45, 2.75) is 89.4 Å². The fourth-order valence-electron chi connectivity index (χ4n) is 4.86. The summed E-state index contributed by atoms with van der Waals surface area (Å²) in [6.07, 6.45) is -5.63. The second-order valence-corrected chi connectivity index (χ2v) is 11.3. The van der Waals surface area contributed by atoms with Crippen molar-refractivity contribution in [2.24, 2.45) is 0 Å². The summed E-state index contributed by atoms with van der Waals surface area (Å²) in [4.78, 5) is 12.7. The van der Waals surface area contributed by atoms with Crippen LogP contribution in [0.2, 0.25) is 0 Å². The average Bonchev–Trinajstić information content (AvgIpc) is 2.98. The van der Waals surface area contributed by atoms with E-state index in [0.29, 0.717) is 0 Å². The third-order valence-electron chi connectivity index (χ3n) is 6.79. The summed E-state index contributed by atoms with van der Waals surface area (Å²) in [7, 11) is 1.51. The second kappa shape index (κ2) is 15.4. The molecule has 8 heteroatoms. The number of rotatable bonds is 13. The topological polar surface area (TPSA) is 92.7 Å². The summed E-state index contributed by atoms with van der Waals surface area (Å²) in [5.74, 6) is -0.543. The van der Waals surface area contributed by atoms with Crippen molar-refractivity contribution < 1.29 is 38.3 Å². The van der Waals surface area contributed by atoms with Crippen LogP contribution in [0, 0.1) is 0 Å². The van der Waals surface area contributed by atoms with E-state index in [9.17, 15) is 9.90 Å². The Bertz CT molecular complexity index is 1200. The van der Waals surface area contributed by atoms with Gasteiger partial charge in [-0.05, 0) is 37.5 Å². The Kier molecular flexibility index (Phi) is 11.7. The predicted octanol–water partition coefficient (Wildman–Crippen LogP) is 5.21. The quantitative estimate of drug-likeness (QED) is 0.277. The number of hydrogen-bond acceptors (Lipinski definition) is 8. The molecule has 0 aromatic heterocycles. The molecule has 0 saturated carbocycles. The summed E-state index contributed by atoms with van der Waals surface area (Å²) < 4.78 is 36.9. The Labute approximate surface area is 248 Å². The summed E-state index contributed by atoms with van der Waals surface area (Å²) in [5.41, 5.74) is 2.19. The molecule has 1 saturated heterocycles. The Morgan fingerprint density at radius 3 is 1.60 bits per heavy atom. The van der Waals surface area contributed by atoms with Crippen LogP contribution in [0.5, 0.6) is 0 Å². The highest BCUT2D eigenvalue weighted by Gasteiger charge is 2.51. The lowest BCUT2D eigenvalue weighted by molar-refractivity contribution is -0.329. The molecule has 1 aliphatic rings. The zero-order valence-electron chi connectivity index (χ0n) is 24.8. The van der Waals surface area contributed by atoms with Crippen molar-refractivity contribution in [3.05, 3.63) is 108 Å². The predicted molar refractivity (Wildman–Crippen MR) is 157 cm³/mol. The minimum Gasteiger partial charge on any atom is -0.460 e. The SMILES string of the molecule is CO[C@H]1O[C@H]([C@@H](O)CC(=O)OC(C)(C)C)[C@@H](OCc2ccccc2)[C@H](OCc2ccccc2)[C@H]1OCc1ccccc1. The van der Waals surface area contributed by atoms with Gasteiger partial charge in [0.25, 0.3) is 0 Å². The molecule has 6 atom stereocenters. The number of carbonyl (C=O) groups is 1. The van der Waals surface area contributed by atoms with E-state index >= 15 is 0 Å². The minimum absolute atomic E-state index is 0.235. The largest absolute Gasteiger partial charge is 0.460 e. The maximum absolute atomic E-state index is 12.7. The number of aliphatic hydroxyl groups excluding tert-OH is 1. The highest BCUT2D eigenvalue weighted by atomic mass is 16.7. The van der Waals surface area contributed by atoms with Gasteiger partial charge < -0.3 is 33.5 Å². The van der Waals surface area contributed by atoms with Crippen molar-refractivity contribution in [1.82, 2.24) is 0 Å². The van der Waals surface area contributed by atoms with Gasteiger partial charge in [-0.15, -0.1) is 0 Å². The molecule has 1 aliphatic heterocycles. The van der Waals surface area contributed by atoms with Crippen LogP contribution in [0.4, 0.5) is 0 Å². The van der Waals surface area contributed by atoms with E-state index in [2.05, 4.69) is 0 Å². The molecular formula is C34H42O8. The third-order valence-corrected chi connectivity index (χ3v) is 6.79. The van der Waals surface area contributed by atoms with E-state index in [1.54, 1.807) is 20.8 Å². The molecule has 1 N–H and O–H groups in total. The first kappa shape index (κ1) is 31.8. The van der Waals surface area contributed by atoms with Crippen molar-refractivity contribution in [3.8, 4) is 0 Å². The van der Waals surface area contributed by atoms with Crippen molar-refractivity contribution >= 4 is 5.97 Å². The number of benzene rings is 3. The highest BCUT2D eigenvalue weighted by Crippen LogP contribution is 2.33. The monoisotopic (exact) mass is 578 g/mol. The van der Waals surface area contributed by atoms with E-state index in [1.807, 2.05) is 91.0 Å². The number of hydrogen-bond donors (Lipinski definition) is 1. The first-order chi connectivity index (χ1) is 20.2. The number of ether oxygens (including phenoxy) is 6. The Balaban J connectivity index is 1.63. The summed E-state index contributed by atoms with van der Waals surface area (Å²) in [6.45, 7) is 6.14. The van der Waals surface area contributed by atoms with Crippen LogP contribution < -0.4 is 0 Å². The van der Waals surface area contributed by atoms with E-state index in [1.165, 1.54) is 7.11 Å². The molecule has 0 spiro atoms. The Morgan fingerprint density at radius 1 is 0.738 bits per heavy atom. The van der Waals surface area contributed by atoms with Crippen LogP contribution in [0.3, 0.4) is 0 Å². The molecule has 226 valence electrons. The first-order valence-electron chi connectivity index (χ1n) is 14.3. The molecule has 0 radical (unpaired) electrons. The lowest BCUT2D eigenvalue weighted by Gasteiger charge is -2.46. The first-order valence-corrected chi connectivity index (χ1v) is 14.3. The zero-order chi connectivity index (χ0) is 30.0. The minimum atomic E-state index is -1.25. The average molecular weight is 579 g/mol.